The Bertz CT molecular complexity index is 686. The third kappa shape index (κ3) is 3.23. The Morgan fingerprint density at radius 1 is 1.41 bits per heavy atom. The number of rotatable bonds is 4. The third-order valence-electron chi connectivity index (χ3n) is 1.55. The van der Waals surface area contributed by atoms with E-state index in [0.717, 1.165) is 6.08 Å². The van der Waals surface area contributed by atoms with E-state index in [2.05, 4.69) is 10.8 Å². The predicted molar refractivity (Wildman–Crippen MR) is 55.9 cm³/mol. The van der Waals surface area contributed by atoms with Crippen LogP contribution >= 0.6 is 0 Å². The second-order valence-electron chi connectivity index (χ2n) is 2.78. The Morgan fingerprint density at radius 3 is 2.53 bits per heavy atom. The molecule has 0 spiro atoms. The molecule has 0 saturated carbocycles. The van der Waals surface area contributed by atoms with Crippen LogP contribution in [0.15, 0.2) is 36.8 Å². The van der Waals surface area contributed by atoms with Gasteiger partial charge in [-0.05, 0) is 18.0 Å². The first-order valence-corrected chi connectivity index (χ1v) is 5.55. The van der Waals surface area contributed by atoms with Gasteiger partial charge < -0.3 is 4.18 Å². The molecule has 0 saturated heterocycles. The van der Waals surface area contributed by atoms with E-state index < -0.39 is 51.1 Å². The molecule has 0 amide bonds. The van der Waals surface area contributed by atoms with Gasteiger partial charge in [0.2, 0.25) is 0 Å². The fraction of sp³-hybridized carbons (Fsp3) is 0.200. The Kier molecular flexibility index (Phi) is 2.41. The molecule has 0 N–H and O–H groups in total. The first kappa shape index (κ1) is 8.57. The van der Waals surface area contributed by atoms with Crippen LogP contribution in [0.3, 0.4) is 0 Å². The Labute approximate surface area is 102 Å². The SMILES string of the molecule is [2H]c1c([2H])c([2H])c(OS(=O)(=O)C(F)(F)F)c(CC=C)c1[2H]. The fourth-order valence-electron chi connectivity index (χ4n) is 0.843. The molecular formula is C10H9F3O3S. The molecule has 0 radical (unpaired) electrons. The van der Waals surface area contributed by atoms with Crippen molar-refractivity contribution < 1.29 is 31.3 Å². The summed E-state index contributed by atoms with van der Waals surface area (Å²) in [5.74, 6) is -1.08. The van der Waals surface area contributed by atoms with Crippen LogP contribution in [0.25, 0.3) is 0 Å². The van der Waals surface area contributed by atoms with Crippen molar-refractivity contribution in [2.75, 3.05) is 0 Å². The van der Waals surface area contributed by atoms with E-state index in [1.165, 1.54) is 0 Å². The van der Waals surface area contributed by atoms with Gasteiger partial charge in [-0.15, -0.1) is 6.58 Å². The summed E-state index contributed by atoms with van der Waals surface area (Å²) in [4.78, 5) is 0. The van der Waals surface area contributed by atoms with Crippen molar-refractivity contribution in [3.05, 3.63) is 42.4 Å². The Hall–Kier alpha value is -1.50. The highest BCUT2D eigenvalue weighted by Gasteiger charge is 2.48. The van der Waals surface area contributed by atoms with Gasteiger partial charge in [0.15, 0.2) is 0 Å². The smallest absolute Gasteiger partial charge is 0.376 e. The van der Waals surface area contributed by atoms with Crippen LogP contribution in [0.1, 0.15) is 11.0 Å². The predicted octanol–water partition coefficient (Wildman–Crippen LogP) is 2.64. The summed E-state index contributed by atoms with van der Waals surface area (Å²) in [6.45, 7) is 3.29. The summed E-state index contributed by atoms with van der Waals surface area (Å²) >= 11 is 0. The second-order valence-corrected chi connectivity index (χ2v) is 4.32. The molecule has 0 aromatic heterocycles. The average molecular weight is 270 g/mol. The molecule has 3 nitrogen and oxygen atoms in total. The lowest BCUT2D eigenvalue weighted by atomic mass is 10.1. The van der Waals surface area contributed by atoms with Gasteiger partial charge in [0.1, 0.15) is 5.75 Å². The van der Waals surface area contributed by atoms with Gasteiger partial charge in [-0.3, -0.25) is 0 Å². The monoisotopic (exact) mass is 270 g/mol. The van der Waals surface area contributed by atoms with Crippen LogP contribution in [0, 0.1) is 0 Å². The standard InChI is InChI=1S/C10H9F3O3S/c1-2-5-8-6-3-4-7-9(8)16-17(14,15)10(11,12)13/h2-4,6-7H,1,5H2/i3D,4D,6D,7D. The van der Waals surface area contributed by atoms with Crippen molar-refractivity contribution in [1.82, 2.24) is 0 Å². The van der Waals surface area contributed by atoms with Crippen LogP contribution < -0.4 is 4.18 Å². The van der Waals surface area contributed by atoms with E-state index in [0.29, 0.717) is 0 Å². The van der Waals surface area contributed by atoms with Crippen LogP contribution in [-0.2, 0) is 16.5 Å². The summed E-state index contributed by atoms with van der Waals surface area (Å²) < 4.78 is 92.6. The third-order valence-corrected chi connectivity index (χ3v) is 2.50. The first-order valence-electron chi connectivity index (χ1n) is 6.15. The molecular weight excluding hydrogens is 257 g/mol. The van der Waals surface area contributed by atoms with Crippen molar-refractivity contribution in [3.8, 4) is 5.75 Å². The highest BCUT2D eigenvalue weighted by molar-refractivity contribution is 7.88. The van der Waals surface area contributed by atoms with Gasteiger partial charge in [0.25, 0.3) is 0 Å². The van der Waals surface area contributed by atoms with E-state index >= 15 is 0 Å². The van der Waals surface area contributed by atoms with Crippen molar-refractivity contribution in [1.29, 1.82) is 0 Å². The van der Waals surface area contributed by atoms with Gasteiger partial charge in [-0.1, -0.05) is 24.2 Å². The molecule has 0 unspecified atom stereocenters. The zero-order valence-electron chi connectivity index (χ0n) is 12.3. The van der Waals surface area contributed by atoms with Gasteiger partial charge >= 0.3 is 15.6 Å². The molecule has 1 aromatic carbocycles. The van der Waals surface area contributed by atoms with E-state index in [4.69, 9.17) is 5.48 Å². The summed E-state index contributed by atoms with van der Waals surface area (Å²) in [5.41, 5.74) is -6.14. The largest absolute Gasteiger partial charge is 0.534 e. The number of benzene rings is 1. The lowest BCUT2D eigenvalue weighted by molar-refractivity contribution is -0.0500. The Morgan fingerprint density at radius 2 is 2.00 bits per heavy atom. The van der Waals surface area contributed by atoms with E-state index in [1.54, 1.807) is 0 Å². The van der Waals surface area contributed by atoms with Gasteiger partial charge in [0.05, 0.1) is 5.48 Å². The number of allylic oxidation sites excluding steroid dienone is 1. The minimum atomic E-state index is -6.04. The van der Waals surface area contributed by atoms with Crippen molar-refractivity contribution in [2.24, 2.45) is 0 Å². The van der Waals surface area contributed by atoms with Crippen LogP contribution in [0.2, 0.25) is 0 Å². The molecule has 0 aliphatic carbocycles. The number of hydrogen-bond acceptors (Lipinski definition) is 3. The lowest BCUT2D eigenvalue weighted by Gasteiger charge is -2.11. The van der Waals surface area contributed by atoms with Gasteiger partial charge in [-0.25, -0.2) is 0 Å². The van der Waals surface area contributed by atoms with Crippen LogP contribution in [0.4, 0.5) is 13.2 Å². The normalized spacial score (nSPS) is 15.5. The average Bonchev–Trinajstić information content (AvgIpc) is 2.36. The van der Waals surface area contributed by atoms with Crippen LogP contribution in [0.5, 0.6) is 5.75 Å². The number of halogens is 3. The van der Waals surface area contributed by atoms with Crippen molar-refractivity contribution in [3.63, 3.8) is 0 Å². The zero-order chi connectivity index (χ0) is 16.6. The lowest BCUT2D eigenvalue weighted by Crippen LogP contribution is -2.28. The molecule has 0 aliphatic rings. The summed E-state index contributed by atoms with van der Waals surface area (Å²) in [6.07, 6.45) is 0.850. The number of para-hydroxylation sites is 1. The van der Waals surface area contributed by atoms with Gasteiger partial charge in [-0.2, -0.15) is 21.6 Å². The fourth-order valence-corrected chi connectivity index (χ4v) is 1.30. The summed E-state index contributed by atoms with van der Waals surface area (Å²) in [5, 5.41) is 0. The van der Waals surface area contributed by atoms with Crippen LogP contribution in [-0.4, -0.2) is 13.9 Å². The maximum atomic E-state index is 12.3. The molecule has 0 fully saturated rings. The first-order chi connectivity index (χ1) is 9.44. The molecule has 0 aliphatic heterocycles. The molecule has 1 aromatic rings. The highest BCUT2D eigenvalue weighted by Crippen LogP contribution is 2.28. The quantitative estimate of drug-likeness (QED) is 0.480. The van der Waals surface area contributed by atoms with Crippen molar-refractivity contribution in [2.45, 2.75) is 11.9 Å². The van der Waals surface area contributed by atoms with E-state index in [9.17, 15) is 21.6 Å². The molecule has 0 atom stereocenters. The highest BCUT2D eigenvalue weighted by atomic mass is 32.2. The molecule has 0 heterocycles. The minimum Gasteiger partial charge on any atom is -0.376 e. The molecule has 7 heteroatoms. The molecule has 1 rings (SSSR count). The zero-order valence-corrected chi connectivity index (χ0v) is 9.07. The summed E-state index contributed by atoms with van der Waals surface area (Å²) in [7, 11) is -6.04. The number of alkyl halides is 3. The van der Waals surface area contributed by atoms with E-state index in [1.807, 2.05) is 0 Å². The van der Waals surface area contributed by atoms with Gasteiger partial charge in [0, 0.05) is 0 Å². The number of hydrogen-bond donors (Lipinski definition) is 0. The topological polar surface area (TPSA) is 43.4 Å². The second kappa shape index (κ2) is 4.79. The van der Waals surface area contributed by atoms with Crippen molar-refractivity contribution >= 4 is 10.1 Å². The maximum Gasteiger partial charge on any atom is 0.534 e. The van der Waals surface area contributed by atoms with E-state index in [-0.39, 0.29) is 6.42 Å². The maximum absolute atomic E-state index is 12.3. The molecule has 94 valence electrons. The molecule has 0 bridgehead atoms. The molecule has 17 heavy (non-hydrogen) atoms. The summed E-state index contributed by atoms with van der Waals surface area (Å²) in [6, 6.07) is -3.32. The minimum absolute atomic E-state index is 0.292. The Balaban J connectivity index is 3.59.